The van der Waals surface area contributed by atoms with Crippen LogP contribution < -0.4 is 11.3 Å². The summed E-state index contributed by atoms with van der Waals surface area (Å²) in [6, 6.07) is 16.7. The number of anilines is 1. The van der Waals surface area contributed by atoms with E-state index in [1.807, 2.05) is 29.6 Å². The molecule has 0 saturated heterocycles. The van der Waals surface area contributed by atoms with Gasteiger partial charge in [-0.3, -0.25) is 9.89 Å². The lowest BCUT2D eigenvalue weighted by Gasteiger charge is -2.14. The smallest absolute Gasteiger partial charge is 0.261 e. The second kappa shape index (κ2) is 7.65. The Labute approximate surface area is 196 Å². The first-order valence-corrected chi connectivity index (χ1v) is 11.2. The molecule has 0 fully saturated rings. The highest BCUT2D eigenvalue weighted by Gasteiger charge is 2.20. The molecular weight excluding hydrogens is 446 g/mol. The average molecular weight is 462 g/mol. The summed E-state index contributed by atoms with van der Waals surface area (Å²) in [6.07, 6.45) is 3.46. The van der Waals surface area contributed by atoms with E-state index in [9.17, 15) is 4.79 Å². The van der Waals surface area contributed by atoms with E-state index in [0.29, 0.717) is 39.1 Å². The molecule has 0 amide bonds. The summed E-state index contributed by atoms with van der Waals surface area (Å²) in [4.78, 5) is 25.5. The van der Waals surface area contributed by atoms with E-state index < -0.39 is 0 Å². The van der Waals surface area contributed by atoms with Gasteiger partial charge in [-0.15, -0.1) is 11.3 Å². The Kier molecular flexibility index (Phi) is 4.47. The van der Waals surface area contributed by atoms with Gasteiger partial charge >= 0.3 is 0 Å². The van der Waals surface area contributed by atoms with E-state index in [1.165, 1.54) is 11.3 Å². The number of aromatic nitrogens is 5. The van der Waals surface area contributed by atoms with Crippen LogP contribution in [0.3, 0.4) is 0 Å². The third-order valence-electron chi connectivity index (χ3n) is 5.75. The number of hydrogen-bond donors (Lipinski definition) is 3. The van der Waals surface area contributed by atoms with Crippen LogP contribution in [-0.2, 0) is 0 Å². The normalized spacial score (nSPS) is 11.1. The number of nitrogens with one attached hydrogen (secondary N) is 2. The van der Waals surface area contributed by atoms with E-state index in [2.05, 4.69) is 26.2 Å². The van der Waals surface area contributed by atoms with Crippen molar-refractivity contribution in [3.05, 3.63) is 82.2 Å². The second-order valence-electron chi connectivity index (χ2n) is 7.69. The number of nitrogens with two attached hydrogens (primary N) is 1. The van der Waals surface area contributed by atoms with Crippen LogP contribution in [0.2, 0.25) is 0 Å². The van der Waals surface area contributed by atoms with Gasteiger partial charge in [-0.25, -0.2) is 9.97 Å². The van der Waals surface area contributed by atoms with Crippen molar-refractivity contribution >= 4 is 38.8 Å². The fourth-order valence-corrected chi connectivity index (χ4v) is 4.78. The molecule has 0 aliphatic heterocycles. The minimum atomic E-state index is -0.346. The molecule has 0 aliphatic rings. The molecule has 162 valence electrons. The van der Waals surface area contributed by atoms with Crippen molar-refractivity contribution < 1.29 is 0 Å². The quantitative estimate of drug-likeness (QED) is 0.326. The molecule has 8 nitrogen and oxygen atoms in total. The highest BCUT2D eigenvalue weighted by molar-refractivity contribution is 7.13. The Morgan fingerprint density at radius 3 is 2.68 bits per heavy atom. The number of nitrogen functional groups attached to an aromatic ring is 1. The maximum absolute atomic E-state index is 13.4. The average Bonchev–Trinajstić information content (AvgIpc) is 3.56. The van der Waals surface area contributed by atoms with Gasteiger partial charge in [-0.2, -0.15) is 10.4 Å². The van der Waals surface area contributed by atoms with Gasteiger partial charge in [0.15, 0.2) is 0 Å². The van der Waals surface area contributed by atoms with Crippen molar-refractivity contribution in [2.75, 3.05) is 5.73 Å². The highest BCUT2D eigenvalue weighted by Crippen LogP contribution is 2.40. The zero-order chi connectivity index (χ0) is 23.2. The monoisotopic (exact) mass is 461 g/mol. The van der Waals surface area contributed by atoms with Crippen LogP contribution in [0, 0.1) is 11.3 Å². The molecule has 0 atom stereocenters. The number of hydrogen-bond acceptors (Lipinski definition) is 7. The predicted molar refractivity (Wildman–Crippen MR) is 133 cm³/mol. The van der Waals surface area contributed by atoms with E-state index >= 15 is 0 Å². The number of nitriles is 1. The number of aromatic amines is 2. The van der Waals surface area contributed by atoms with Crippen LogP contribution in [0.1, 0.15) is 5.56 Å². The van der Waals surface area contributed by atoms with Gasteiger partial charge < -0.3 is 10.7 Å². The fourth-order valence-electron chi connectivity index (χ4n) is 4.13. The molecule has 9 heteroatoms. The Morgan fingerprint density at radius 2 is 1.91 bits per heavy atom. The standard InChI is InChI=1S/C25H15N7OS/c26-11-13-4-6-14(7-5-13)23-30-22-17(25-28-8-9-34-25)10-16(21(27)20(22)24(33)31-23)15-2-1-3-19-18(15)12-29-32-19/h1-10,12H,27H2,(H,29,32)(H,30,31,33). The fraction of sp³-hybridized carbons (Fsp3) is 0. The van der Waals surface area contributed by atoms with Gasteiger partial charge in [0.2, 0.25) is 0 Å². The zero-order valence-corrected chi connectivity index (χ0v) is 18.4. The molecule has 0 bridgehead atoms. The largest absolute Gasteiger partial charge is 0.398 e. The number of H-pyrrole nitrogens is 2. The Morgan fingerprint density at radius 1 is 1.06 bits per heavy atom. The Hall–Kier alpha value is -4.81. The summed E-state index contributed by atoms with van der Waals surface area (Å²) in [6.45, 7) is 0. The van der Waals surface area contributed by atoms with Gasteiger partial charge in [0, 0.05) is 33.7 Å². The van der Waals surface area contributed by atoms with Gasteiger partial charge in [-0.1, -0.05) is 12.1 Å². The zero-order valence-electron chi connectivity index (χ0n) is 17.5. The highest BCUT2D eigenvalue weighted by atomic mass is 32.1. The predicted octanol–water partition coefficient (Wildman–Crippen LogP) is 4.71. The SMILES string of the molecule is N#Cc1ccc(-c2nc3c(-c4nccs4)cc(-c4cccc5[nH]ncc45)c(N)c3c(=O)[nH]2)cc1. The number of thiazole rings is 1. The molecule has 3 heterocycles. The summed E-state index contributed by atoms with van der Waals surface area (Å²) in [7, 11) is 0. The lowest BCUT2D eigenvalue weighted by Crippen LogP contribution is -2.13. The molecule has 0 aliphatic carbocycles. The van der Waals surface area contributed by atoms with Crippen molar-refractivity contribution in [3.8, 4) is 39.2 Å². The van der Waals surface area contributed by atoms with Crippen molar-refractivity contribution in [2.24, 2.45) is 0 Å². The number of rotatable bonds is 3. The topological polar surface area (TPSA) is 137 Å². The first-order chi connectivity index (χ1) is 16.6. The summed E-state index contributed by atoms with van der Waals surface area (Å²) in [5, 5.41) is 20.0. The lowest BCUT2D eigenvalue weighted by molar-refractivity contribution is 1.12. The molecule has 4 N–H and O–H groups in total. The van der Waals surface area contributed by atoms with E-state index in [-0.39, 0.29) is 5.56 Å². The van der Waals surface area contributed by atoms with Crippen LogP contribution in [-0.4, -0.2) is 25.1 Å². The van der Waals surface area contributed by atoms with Gasteiger partial charge in [0.1, 0.15) is 10.8 Å². The molecule has 0 saturated carbocycles. The summed E-state index contributed by atoms with van der Waals surface area (Å²) in [5.41, 5.74) is 11.5. The minimum Gasteiger partial charge on any atom is -0.398 e. The van der Waals surface area contributed by atoms with Crippen LogP contribution >= 0.6 is 11.3 Å². The maximum atomic E-state index is 13.4. The molecule has 0 unspecified atom stereocenters. The van der Waals surface area contributed by atoms with Crippen LogP contribution in [0.15, 0.2) is 71.1 Å². The van der Waals surface area contributed by atoms with Crippen LogP contribution in [0.25, 0.3) is 54.9 Å². The molecule has 6 aromatic rings. The first kappa shape index (κ1) is 19.8. The van der Waals surface area contributed by atoms with Gasteiger partial charge in [0.05, 0.1) is 39.9 Å². The van der Waals surface area contributed by atoms with Crippen LogP contribution in [0.5, 0.6) is 0 Å². The molecule has 3 aromatic heterocycles. The molecule has 6 rings (SSSR count). The lowest BCUT2D eigenvalue weighted by atomic mass is 9.95. The van der Waals surface area contributed by atoms with E-state index in [4.69, 9.17) is 16.0 Å². The maximum Gasteiger partial charge on any atom is 0.261 e. The minimum absolute atomic E-state index is 0.306. The van der Waals surface area contributed by atoms with Crippen molar-refractivity contribution in [1.29, 1.82) is 5.26 Å². The number of benzene rings is 3. The van der Waals surface area contributed by atoms with E-state index in [1.54, 1.807) is 36.7 Å². The van der Waals surface area contributed by atoms with Gasteiger partial charge in [0.25, 0.3) is 5.56 Å². The molecule has 3 aromatic carbocycles. The van der Waals surface area contributed by atoms with Crippen molar-refractivity contribution in [2.45, 2.75) is 0 Å². The summed E-state index contributed by atoms with van der Waals surface area (Å²) in [5.74, 6) is 0.392. The Bertz CT molecular complexity index is 1790. The molecular formula is C25H15N7OS. The summed E-state index contributed by atoms with van der Waals surface area (Å²) >= 11 is 1.46. The molecule has 0 spiro atoms. The number of nitrogens with zero attached hydrogens (tertiary/aromatic N) is 4. The van der Waals surface area contributed by atoms with Gasteiger partial charge in [-0.05, 0) is 42.0 Å². The third-order valence-corrected chi connectivity index (χ3v) is 6.55. The van der Waals surface area contributed by atoms with Crippen molar-refractivity contribution in [1.82, 2.24) is 25.1 Å². The molecule has 0 radical (unpaired) electrons. The van der Waals surface area contributed by atoms with Crippen LogP contribution in [0.4, 0.5) is 5.69 Å². The Balaban J connectivity index is 1.68. The third kappa shape index (κ3) is 3.05. The number of fused-ring (bicyclic) bond motifs is 2. The first-order valence-electron chi connectivity index (χ1n) is 10.3. The summed E-state index contributed by atoms with van der Waals surface area (Å²) < 4.78 is 0. The van der Waals surface area contributed by atoms with E-state index in [0.717, 1.165) is 27.0 Å². The van der Waals surface area contributed by atoms with Crippen molar-refractivity contribution in [3.63, 3.8) is 0 Å². The molecule has 34 heavy (non-hydrogen) atoms. The second-order valence-corrected chi connectivity index (χ2v) is 8.58.